The Bertz CT molecular complexity index is 2400. The van der Waals surface area contributed by atoms with Crippen LogP contribution in [0.25, 0.3) is 0 Å². The Kier molecular flexibility index (Phi) is 23.7. The monoisotopic (exact) mass is 1300 g/mol. The molecule has 0 spiro atoms. The minimum Gasteiger partial charge on any atom is -0.465 e. The maximum Gasteiger partial charge on any atom is 0.338 e. The second-order valence-electron chi connectivity index (χ2n) is 22.1. The summed E-state index contributed by atoms with van der Waals surface area (Å²) in [5, 5.41) is 224. The molecule has 1 aromatic carbocycles. The predicted octanol–water partition coefficient (Wildman–Crippen LogP) is -13.6. The molecule has 508 valence electrons. The summed E-state index contributed by atoms with van der Waals surface area (Å²) in [4.78, 5) is 25.5. The number of aliphatic hydroxyl groups excluding tert-OH is 20. The number of hydrogen-bond acceptors (Lipinski definition) is 38. The van der Waals surface area contributed by atoms with Crippen LogP contribution in [0.2, 0.25) is 0 Å². The average molecular weight is 1300 g/mol. The zero-order valence-corrected chi connectivity index (χ0v) is 46.8. The molecule has 35 atom stereocenters. The lowest BCUT2D eigenvalue weighted by Gasteiger charge is -2.50. The normalized spacial score (nSPS) is 49.3. The molecule has 21 aliphatic heterocycles. The summed E-state index contributed by atoms with van der Waals surface area (Å²) in [7, 11) is 1.12. The Labute approximate surface area is 502 Å². The predicted molar refractivity (Wildman–Crippen MR) is 269 cm³/mol. The highest BCUT2D eigenvalue weighted by Gasteiger charge is 2.60. The van der Waals surface area contributed by atoms with Crippen LogP contribution in [-0.4, -0.2) is 382 Å². The second kappa shape index (κ2) is 30.0. The molecule has 0 saturated carbocycles. The fraction of sp³-hybridized carbons (Fsp3) is 0.843. The van der Waals surface area contributed by atoms with Crippen molar-refractivity contribution in [3.8, 4) is 0 Å². The van der Waals surface area contributed by atoms with Crippen LogP contribution < -0.4 is 0 Å². The van der Waals surface area contributed by atoms with Gasteiger partial charge in [-0.3, -0.25) is 0 Å². The summed E-state index contributed by atoms with van der Waals surface area (Å²) in [6.45, 7) is -7.49. The first-order valence-corrected chi connectivity index (χ1v) is 28.1. The zero-order valence-electron chi connectivity index (χ0n) is 46.8. The Morgan fingerprint density at radius 1 is 0.292 bits per heavy atom. The molecule has 1 aromatic rings. The van der Waals surface area contributed by atoms with E-state index in [4.69, 9.17) is 71.1 Å². The van der Waals surface area contributed by atoms with E-state index in [0.717, 1.165) is 7.11 Å². The van der Waals surface area contributed by atoms with Crippen LogP contribution in [-0.2, 0) is 75.8 Å². The van der Waals surface area contributed by atoms with Gasteiger partial charge in [-0.2, -0.15) is 0 Å². The van der Waals surface area contributed by atoms with Gasteiger partial charge in [0.15, 0.2) is 44.0 Å². The second-order valence-corrected chi connectivity index (χ2v) is 22.1. The molecule has 0 aromatic heterocycles. The highest BCUT2D eigenvalue weighted by molar-refractivity contribution is 5.93. The number of methoxy groups -OCH3 is 1. The maximum absolute atomic E-state index is 13.4. The van der Waals surface area contributed by atoms with Crippen molar-refractivity contribution in [1.82, 2.24) is 0 Å². The van der Waals surface area contributed by atoms with Crippen LogP contribution >= 0.6 is 0 Å². The molecule has 38 nitrogen and oxygen atoms in total. The number of ether oxygens (including phenoxy) is 16. The molecular formula is C51H76O38. The van der Waals surface area contributed by atoms with Gasteiger partial charge in [-0.1, -0.05) is 0 Å². The Morgan fingerprint density at radius 3 is 0.663 bits per heavy atom. The van der Waals surface area contributed by atoms with Gasteiger partial charge in [0.25, 0.3) is 0 Å². The SMILES string of the molecule is COC(=O)c1ccc(C(=O)OC[C@H]2O[C@@H]3O[C@H]4[C@H](O)[C@@H](O)[C@@H](O[C@H]5[C@H](O)[C@@H](O)[C@@H](O[C@H]6[C@H](O)[C@@H](O)[C@@H](O[C@H]7[C@@H](O)[C@H](O)[C@@H](O[C@H]8[C@@H](O)[C@H](O)[C@@H](O[C@H]9[C@@H](O)[C@@H](O)[C@@H](O[C@H]2[C@H](O)[C@H]3O)O[C@@H]9CO)O[C@@H]8CO)O[C@@H]7CO)O[C@@H]6CO)O[C@@H]5CO)O[C@@H]4CO)cc1. The lowest BCUT2D eigenvalue weighted by Crippen LogP contribution is -2.68. The highest BCUT2D eigenvalue weighted by Crippen LogP contribution is 2.39. The molecule has 21 fully saturated rings. The third-order valence-electron chi connectivity index (χ3n) is 16.5. The molecule has 21 saturated heterocycles. The molecular weight excluding hydrogens is 1220 g/mol. The molecule has 38 heteroatoms. The summed E-state index contributed by atoms with van der Waals surface area (Å²) in [6, 6.07) is 4.81. The molecule has 22 rings (SSSR count). The van der Waals surface area contributed by atoms with E-state index in [1.165, 1.54) is 24.3 Å². The van der Waals surface area contributed by atoms with Crippen LogP contribution in [0.4, 0.5) is 0 Å². The van der Waals surface area contributed by atoms with E-state index in [2.05, 4.69) is 4.74 Å². The van der Waals surface area contributed by atoms with Gasteiger partial charge >= 0.3 is 11.9 Å². The van der Waals surface area contributed by atoms with E-state index in [-0.39, 0.29) is 11.1 Å². The minimum atomic E-state index is -2.32. The lowest BCUT2D eigenvalue weighted by molar-refractivity contribution is -0.396. The third-order valence-corrected chi connectivity index (χ3v) is 16.5. The van der Waals surface area contributed by atoms with Gasteiger partial charge in [-0.05, 0) is 24.3 Å². The van der Waals surface area contributed by atoms with Crippen molar-refractivity contribution in [3.63, 3.8) is 0 Å². The van der Waals surface area contributed by atoms with E-state index in [1.807, 2.05) is 0 Å². The molecule has 0 aliphatic carbocycles. The van der Waals surface area contributed by atoms with E-state index in [1.54, 1.807) is 0 Å². The summed E-state index contributed by atoms with van der Waals surface area (Å²) >= 11 is 0. The van der Waals surface area contributed by atoms with Crippen LogP contribution in [0, 0.1) is 0 Å². The quantitative estimate of drug-likeness (QED) is 0.0967. The maximum atomic E-state index is 13.4. The Morgan fingerprint density at radius 2 is 0.472 bits per heavy atom. The van der Waals surface area contributed by atoms with Crippen molar-refractivity contribution < 1.29 is 188 Å². The summed E-state index contributed by atoms with van der Waals surface area (Å²) in [6.07, 6.45) is -72.5. The van der Waals surface area contributed by atoms with Crippen molar-refractivity contribution in [2.45, 2.75) is 215 Å². The first-order valence-electron chi connectivity index (χ1n) is 28.1. The Balaban J connectivity index is 1.02. The van der Waals surface area contributed by atoms with E-state index in [9.17, 15) is 112 Å². The van der Waals surface area contributed by atoms with E-state index < -0.39 is 273 Å². The number of carbonyl (C=O) groups is 2. The topological polar surface area (TPSA) is 586 Å². The van der Waals surface area contributed by atoms with Crippen molar-refractivity contribution in [1.29, 1.82) is 0 Å². The lowest BCUT2D eigenvalue weighted by atomic mass is 9.95. The number of benzene rings is 1. The number of aliphatic hydroxyl groups is 20. The van der Waals surface area contributed by atoms with Crippen molar-refractivity contribution >= 4 is 11.9 Å². The van der Waals surface area contributed by atoms with Gasteiger partial charge in [0.2, 0.25) is 0 Å². The smallest absolute Gasteiger partial charge is 0.338 e. The van der Waals surface area contributed by atoms with Crippen LogP contribution in [0.1, 0.15) is 20.7 Å². The minimum absolute atomic E-state index is 0.0409. The number of carbonyl (C=O) groups excluding carboxylic acids is 2. The Hall–Kier alpha value is -3.20. The van der Waals surface area contributed by atoms with Gasteiger partial charge in [0, 0.05) is 0 Å². The number of rotatable bonds is 10. The van der Waals surface area contributed by atoms with Gasteiger partial charge in [-0.15, -0.1) is 0 Å². The third kappa shape index (κ3) is 14.3. The van der Waals surface area contributed by atoms with Crippen molar-refractivity contribution in [3.05, 3.63) is 35.4 Å². The largest absolute Gasteiger partial charge is 0.465 e. The fourth-order valence-electron chi connectivity index (χ4n) is 11.5. The number of hydrogen-bond donors (Lipinski definition) is 20. The zero-order chi connectivity index (χ0) is 64.6. The van der Waals surface area contributed by atoms with Crippen LogP contribution in [0.5, 0.6) is 0 Å². The fourth-order valence-corrected chi connectivity index (χ4v) is 11.5. The molecule has 21 aliphatic rings. The van der Waals surface area contributed by atoms with Crippen LogP contribution in [0.15, 0.2) is 24.3 Å². The van der Waals surface area contributed by atoms with Gasteiger partial charge in [0.05, 0.1) is 57.9 Å². The molecule has 89 heavy (non-hydrogen) atoms. The van der Waals surface area contributed by atoms with E-state index in [0.29, 0.717) is 0 Å². The molecule has 0 amide bonds. The summed E-state index contributed by atoms with van der Waals surface area (Å²) in [5.41, 5.74) is -0.122. The van der Waals surface area contributed by atoms with Crippen molar-refractivity contribution in [2.75, 3.05) is 53.4 Å². The van der Waals surface area contributed by atoms with Crippen molar-refractivity contribution in [2.24, 2.45) is 0 Å². The summed E-state index contributed by atoms with van der Waals surface area (Å²) in [5.74, 6) is -1.85. The summed E-state index contributed by atoms with van der Waals surface area (Å²) < 4.78 is 90.9. The first kappa shape index (κ1) is 70.1. The highest BCUT2D eigenvalue weighted by atomic mass is 16.8. The molecule has 21 heterocycles. The van der Waals surface area contributed by atoms with Gasteiger partial charge in [0.1, 0.15) is 178 Å². The standard InChI is InChI=1S/C51H76O38/c1-74-43(72)13-2-4-14(5-3-13)44(73)75-12-21-42-28(64)35(71)51(82-21)88-41-20(11-57)80-49(33(69)26(41)62)86-39-18(9-55)78-47(31(67)24(39)60)84-37-16(7-53)76-45(29(65)22(37)58)83-36-15(6-52)77-46(30(66)23(36)59)85-38-17(8-54)79-48(32(68)25(38)61)87-40-19(10-56)81-50(89-42)34(70)27(40)63/h2-5,15-42,45-71H,6-12H2,1H3/t15-,16-,17-,18-,19-,20-,21-,22-,23+,24-,25+,26-,27+,28-,29-,30+,31-,32+,33-,34-,35-,36-,37-,38-,39-,40-,41-,42-,45-,46-,47-,48-,49-,50-,51-/m1/s1. The van der Waals surface area contributed by atoms with E-state index >= 15 is 0 Å². The van der Waals surface area contributed by atoms with Gasteiger partial charge in [-0.25, -0.2) is 9.59 Å². The molecule has 0 unspecified atom stereocenters. The molecule has 0 radical (unpaired) electrons. The number of esters is 2. The van der Waals surface area contributed by atoms with Gasteiger partial charge < -0.3 is 178 Å². The van der Waals surface area contributed by atoms with Crippen LogP contribution in [0.3, 0.4) is 0 Å². The average Bonchev–Trinajstić information content (AvgIpc) is 0.995. The molecule has 20 N–H and O–H groups in total. The first-order chi connectivity index (χ1) is 42.4. The molecule has 14 bridgehead atoms.